The molecule has 0 saturated heterocycles. The third-order valence-corrected chi connectivity index (χ3v) is 2.65. The van der Waals surface area contributed by atoms with Crippen LogP contribution in [0.15, 0.2) is 18.2 Å². The molecule has 0 aliphatic heterocycles. The molecule has 0 heterocycles. The molecule has 0 aromatic heterocycles. The molecule has 0 N–H and O–H groups in total. The van der Waals surface area contributed by atoms with Gasteiger partial charge in [-0.3, -0.25) is 4.79 Å². The zero-order valence-electron chi connectivity index (χ0n) is 10.8. The minimum Gasteiger partial charge on any atom is -0.497 e. The SMILES string of the molecule is COc1ccc(CCN(C)C(=O)C#N)c(OC)c1. The van der Waals surface area contributed by atoms with Crippen LogP contribution in [0.1, 0.15) is 5.56 Å². The molecule has 0 aliphatic rings. The molecule has 0 fully saturated rings. The Bertz CT molecular complexity index is 466. The smallest absolute Gasteiger partial charge is 0.324 e. The number of benzene rings is 1. The number of nitriles is 1. The number of ether oxygens (including phenoxy) is 2. The van der Waals surface area contributed by atoms with Crippen molar-refractivity contribution in [3.63, 3.8) is 0 Å². The second-order valence-corrected chi connectivity index (χ2v) is 3.77. The Kier molecular flexibility index (Phi) is 5.00. The lowest BCUT2D eigenvalue weighted by molar-refractivity contribution is -0.124. The van der Waals surface area contributed by atoms with E-state index in [0.717, 1.165) is 11.3 Å². The van der Waals surface area contributed by atoms with Gasteiger partial charge in [0.15, 0.2) is 6.07 Å². The maximum Gasteiger partial charge on any atom is 0.324 e. The molecule has 18 heavy (non-hydrogen) atoms. The van der Waals surface area contributed by atoms with Gasteiger partial charge in [-0.2, -0.15) is 5.26 Å². The van der Waals surface area contributed by atoms with Gasteiger partial charge in [0.05, 0.1) is 14.2 Å². The van der Waals surface area contributed by atoms with Gasteiger partial charge in [-0.25, -0.2) is 0 Å². The predicted molar refractivity (Wildman–Crippen MR) is 66.5 cm³/mol. The number of hydrogen-bond donors (Lipinski definition) is 0. The zero-order chi connectivity index (χ0) is 13.5. The average molecular weight is 248 g/mol. The van der Waals surface area contributed by atoms with E-state index in [1.165, 1.54) is 4.90 Å². The summed E-state index contributed by atoms with van der Waals surface area (Å²) in [5.74, 6) is 0.895. The van der Waals surface area contributed by atoms with Crippen LogP contribution >= 0.6 is 0 Å². The lowest BCUT2D eigenvalue weighted by Crippen LogP contribution is -2.27. The summed E-state index contributed by atoms with van der Waals surface area (Å²) in [6.45, 7) is 0.467. The van der Waals surface area contributed by atoms with Crippen LogP contribution in [0.25, 0.3) is 0 Å². The lowest BCUT2D eigenvalue weighted by Gasteiger charge is -2.15. The molecular weight excluding hydrogens is 232 g/mol. The maximum absolute atomic E-state index is 11.1. The van der Waals surface area contributed by atoms with Crippen LogP contribution in [0.3, 0.4) is 0 Å². The Morgan fingerprint density at radius 2 is 2.11 bits per heavy atom. The fraction of sp³-hybridized carbons (Fsp3) is 0.385. The minimum absolute atomic E-state index is 0.467. The molecule has 0 spiro atoms. The summed E-state index contributed by atoms with van der Waals surface area (Å²) in [7, 11) is 4.78. The van der Waals surface area contributed by atoms with Crippen LogP contribution in [0.2, 0.25) is 0 Å². The van der Waals surface area contributed by atoms with E-state index in [9.17, 15) is 4.79 Å². The van der Waals surface area contributed by atoms with Crippen molar-refractivity contribution in [2.45, 2.75) is 6.42 Å². The van der Waals surface area contributed by atoms with Crippen molar-refractivity contribution in [1.29, 1.82) is 5.26 Å². The predicted octanol–water partition coefficient (Wildman–Crippen LogP) is 1.23. The fourth-order valence-electron chi connectivity index (χ4n) is 1.53. The highest BCUT2D eigenvalue weighted by atomic mass is 16.5. The minimum atomic E-state index is -0.539. The van der Waals surface area contributed by atoms with Crippen molar-refractivity contribution >= 4 is 5.91 Å². The van der Waals surface area contributed by atoms with Gasteiger partial charge in [0, 0.05) is 19.7 Å². The third-order valence-electron chi connectivity index (χ3n) is 2.65. The number of nitrogens with zero attached hydrogens (tertiary/aromatic N) is 2. The van der Waals surface area contributed by atoms with Gasteiger partial charge in [0.2, 0.25) is 0 Å². The molecule has 1 aromatic carbocycles. The van der Waals surface area contributed by atoms with Crippen LogP contribution in [-0.4, -0.2) is 38.6 Å². The first-order valence-corrected chi connectivity index (χ1v) is 5.48. The van der Waals surface area contributed by atoms with Crippen LogP contribution < -0.4 is 9.47 Å². The largest absolute Gasteiger partial charge is 0.497 e. The summed E-state index contributed by atoms with van der Waals surface area (Å²) >= 11 is 0. The number of amides is 1. The molecule has 0 saturated carbocycles. The van der Waals surface area contributed by atoms with Crippen molar-refractivity contribution in [1.82, 2.24) is 4.90 Å². The fourth-order valence-corrected chi connectivity index (χ4v) is 1.53. The number of likely N-dealkylation sites (N-methyl/N-ethyl adjacent to an activating group) is 1. The van der Waals surface area contributed by atoms with Crippen LogP contribution in [0.5, 0.6) is 11.5 Å². The van der Waals surface area contributed by atoms with E-state index in [1.54, 1.807) is 33.4 Å². The molecule has 0 aliphatic carbocycles. The Balaban J connectivity index is 2.73. The van der Waals surface area contributed by atoms with Gasteiger partial charge in [0.25, 0.3) is 0 Å². The molecule has 96 valence electrons. The van der Waals surface area contributed by atoms with Crippen molar-refractivity contribution in [3.8, 4) is 17.6 Å². The highest BCUT2D eigenvalue weighted by molar-refractivity contribution is 5.90. The molecule has 1 aromatic rings. The van der Waals surface area contributed by atoms with Crippen molar-refractivity contribution < 1.29 is 14.3 Å². The van der Waals surface area contributed by atoms with Crippen LogP contribution in [-0.2, 0) is 11.2 Å². The Hall–Kier alpha value is -2.22. The Labute approximate surface area is 107 Å². The molecule has 0 bridgehead atoms. The normalized spacial score (nSPS) is 9.44. The molecular formula is C13H16N2O3. The number of hydrogen-bond acceptors (Lipinski definition) is 4. The molecule has 1 amide bonds. The number of carbonyl (C=O) groups excluding carboxylic acids is 1. The molecule has 5 heteroatoms. The quantitative estimate of drug-likeness (QED) is 0.735. The first-order chi connectivity index (χ1) is 8.62. The van der Waals surface area contributed by atoms with E-state index in [0.29, 0.717) is 18.7 Å². The first kappa shape index (κ1) is 13.8. The Morgan fingerprint density at radius 3 is 2.67 bits per heavy atom. The van der Waals surface area contributed by atoms with E-state index in [4.69, 9.17) is 14.7 Å². The summed E-state index contributed by atoms with van der Waals surface area (Å²) in [4.78, 5) is 12.5. The summed E-state index contributed by atoms with van der Waals surface area (Å²) in [6.07, 6.45) is 0.622. The molecule has 5 nitrogen and oxygen atoms in total. The summed E-state index contributed by atoms with van der Waals surface area (Å²) < 4.78 is 10.4. The van der Waals surface area contributed by atoms with Gasteiger partial charge in [0.1, 0.15) is 11.5 Å². The van der Waals surface area contributed by atoms with Gasteiger partial charge in [-0.1, -0.05) is 6.07 Å². The van der Waals surface area contributed by atoms with E-state index in [-0.39, 0.29) is 0 Å². The molecule has 0 unspecified atom stereocenters. The number of methoxy groups -OCH3 is 2. The number of rotatable bonds is 5. The summed E-state index contributed by atoms with van der Waals surface area (Å²) in [6, 6.07) is 7.11. The van der Waals surface area contributed by atoms with E-state index >= 15 is 0 Å². The number of carbonyl (C=O) groups is 1. The van der Waals surface area contributed by atoms with Gasteiger partial charge >= 0.3 is 5.91 Å². The maximum atomic E-state index is 11.1. The third kappa shape index (κ3) is 3.39. The second-order valence-electron chi connectivity index (χ2n) is 3.77. The van der Waals surface area contributed by atoms with Gasteiger partial charge in [-0.15, -0.1) is 0 Å². The Morgan fingerprint density at radius 1 is 1.39 bits per heavy atom. The van der Waals surface area contributed by atoms with Crippen molar-refractivity contribution in [3.05, 3.63) is 23.8 Å². The van der Waals surface area contributed by atoms with E-state index < -0.39 is 5.91 Å². The molecule has 1 rings (SSSR count). The zero-order valence-corrected chi connectivity index (χ0v) is 10.8. The highest BCUT2D eigenvalue weighted by Gasteiger charge is 2.09. The summed E-state index contributed by atoms with van der Waals surface area (Å²) in [5, 5.41) is 8.49. The van der Waals surface area contributed by atoms with E-state index in [2.05, 4.69) is 0 Å². The van der Waals surface area contributed by atoms with Crippen LogP contribution in [0.4, 0.5) is 0 Å². The van der Waals surface area contributed by atoms with Crippen molar-refractivity contribution in [2.24, 2.45) is 0 Å². The molecule has 0 radical (unpaired) electrons. The highest BCUT2D eigenvalue weighted by Crippen LogP contribution is 2.24. The lowest BCUT2D eigenvalue weighted by atomic mass is 10.1. The van der Waals surface area contributed by atoms with Crippen LogP contribution in [0, 0.1) is 11.3 Å². The summed E-state index contributed by atoms with van der Waals surface area (Å²) in [5.41, 5.74) is 0.968. The monoisotopic (exact) mass is 248 g/mol. The van der Waals surface area contributed by atoms with Gasteiger partial charge in [-0.05, 0) is 18.1 Å². The topological polar surface area (TPSA) is 62.6 Å². The standard InChI is InChI=1S/C13H16N2O3/c1-15(13(16)9-14)7-6-10-4-5-11(17-2)8-12(10)18-3/h4-5,8H,6-7H2,1-3H3. The van der Waals surface area contributed by atoms with Crippen molar-refractivity contribution in [2.75, 3.05) is 27.8 Å². The van der Waals surface area contributed by atoms with Gasteiger partial charge < -0.3 is 14.4 Å². The second kappa shape index (κ2) is 6.50. The van der Waals surface area contributed by atoms with E-state index in [1.807, 2.05) is 12.1 Å². The average Bonchev–Trinajstić information content (AvgIpc) is 2.43. The molecule has 0 atom stereocenters. The first-order valence-electron chi connectivity index (χ1n) is 5.48.